The summed E-state index contributed by atoms with van der Waals surface area (Å²) in [5.74, 6) is -0.882. The molecule has 0 saturated carbocycles. The van der Waals surface area contributed by atoms with Crippen molar-refractivity contribution in [2.75, 3.05) is 26.4 Å². The van der Waals surface area contributed by atoms with Crippen LogP contribution in [0.15, 0.2) is 207 Å². The summed E-state index contributed by atoms with van der Waals surface area (Å²) in [4.78, 5) is 35.4. The van der Waals surface area contributed by atoms with Crippen molar-refractivity contribution in [1.29, 1.82) is 0 Å². The average molecular weight is 1420 g/mol. The molecule has 0 aromatic carbocycles. The van der Waals surface area contributed by atoms with E-state index < -0.39 is 32.5 Å². The highest BCUT2D eigenvalue weighted by Gasteiger charge is 2.26. The zero-order chi connectivity index (χ0) is 72.9. The van der Waals surface area contributed by atoms with Crippen molar-refractivity contribution >= 4 is 19.8 Å². The van der Waals surface area contributed by atoms with E-state index in [1.54, 1.807) is 0 Å². The number of carbonyl (C=O) groups excluding carboxylic acids is 2. The Morgan fingerprint density at radius 3 is 0.782 bits per heavy atom. The standard InChI is InChI=1S/C91H148NO8P/c1-3-5-7-9-11-13-15-17-19-21-23-25-27-29-31-33-35-37-39-41-43-44-46-47-49-51-53-55-57-59-61-63-65-67-69-71-73-75-77-79-81-83-90(93)97-87-89(88-99-101(95,96)98-86-85-92)100-91(94)84-82-80-78-76-74-72-70-68-66-64-62-60-58-56-54-52-50-48-45-42-40-38-36-34-32-30-28-26-24-22-20-18-16-14-12-10-8-6-4-2/h5-8,11-14,17-20,23-26,29-32,36,38,42,45,50,52,56,58,62,64,68,70,74,76,89H,3-4,9-10,15-16,21-22,27-28,33-35,37,39-41,43-44,46-49,51,53-55,57,59-61,63,65-67,69,71-73,75,77-88,92H2,1-2H3,(H,95,96)/b7-5-,8-6-,13-11-,14-12-,19-17-,20-18-,25-23-,26-24-,31-29-,32-30-,38-36-,45-42-,52-50-,58-56-,64-62-,70-68-,76-74-. The number of unbranched alkanes of at least 4 members (excludes halogenated alkanes) is 27. The molecule has 0 aliphatic carbocycles. The molecule has 0 aromatic heterocycles. The van der Waals surface area contributed by atoms with Crippen molar-refractivity contribution < 1.29 is 37.6 Å². The SMILES string of the molecule is CC/C=C\C/C=C\C/C=C\C/C=C\C/C=C\C/C=C\C/C=C\C/C=C\C/C=C\C/C=C\C/C=C\C/C=C\CCCCC(=O)OC(COC(=O)CCCCCCCCCCCCCCCCCCCCCCCCCCC/C=C\C/C=C\C/C=C\C/C=C\C/C=C\CC)COP(=O)(O)OCCN. The molecule has 0 fully saturated rings. The molecule has 0 aliphatic heterocycles. The number of hydrogen-bond donors (Lipinski definition) is 2. The van der Waals surface area contributed by atoms with Crippen LogP contribution in [0, 0.1) is 0 Å². The van der Waals surface area contributed by atoms with E-state index in [0.717, 1.165) is 141 Å². The topological polar surface area (TPSA) is 134 Å². The third-order valence-electron chi connectivity index (χ3n) is 16.7. The van der Waals surface area contributed by atoms with Gasteiger partial charge in [0.05, 0.1) is 13.2 Å². The maximum atomic E-state index is 12.8. The highest BCUT2D eigenvalue weighted by molar-refractivity contribution is 7.47. The van der Waals surface area contributed by atoms with Crippen LogP contribution in [0.3, 0.4) is 0 Å². The maximum Gasteiger partial charge on any atom is 0.472 e. The van der Waals surface area contributed by atoms with Crippen LogP contribution in [-0.4, -0.2) is 49.3 Å². The molecule has 0 radical (unpaired) electrons. The summed E-state index contributed by atoms with van der Waals surface area (Å²) in [6, 6.07) is 0. The van der Waals surface area contributed by atoms with Gasteiger partial charge in [0, 0.05) is 19.4 Å². The summed E-state index contributed by atoms with van der Waals surface area (Å²) in [6.07, 6.45) is 128. The molecule has 0 saturated heterocycles. The van der Waals surface area contributed by atoms with E-state index in [1.165, 1.54) is 148 Å². The number of nitrogens with two attached hydrogens (primary N) is 1. The monoisotopic (exact) mass is 1410 g/mol. The third kappa shape index (κ3) is 83.4. The van der Waals surface area contributed by atoms with Crippen molar-refractivity contribution in [3.8, 4) is 0 Å². The molecule has 10 heteroatoms. The molecule has 2 atom stereocenters. The summed E-state index contributed by atoms with van der Waals surface area (Å²) < 4.78 is 33.2. The van der Waals surface area contributed by atoms with Gasteiger partial charge >= 0.3 is 19.8 Å². The fourth-order valence-corrected chi connectivity index (χ4v) is 11.5. The predicted molar refractivity (Wildman–Crippen MR) is 440 cm³/mol. The molecular formula is C91H148NO8P. The molecule has 0 heterocycles. The second kappa shape index (κ2) is 83.5. The number of ether oxygens (including phenoxy) is 2. The lowest BCUT2D eigenvalue weighted by atomic mass is 10.0. The summed E-state index contributed by atoms with van der Waals surface area (Å²) in [7, 11) is -4.42. The van der Waals surface area contributed by atoms with Gasteiger partial charge in [-0.1, -0.05) is 368 Å². The minimum Gasteiger partial charge on any atom is -0.462 e. The second-order valence-corrected chi connectivity index (χ2v) is 27.6. The van der Waals surface area contributed by atoms with Gasteiger partial charge in [-0.3, -0.25) is 18.6 Å². The lowest BCUT2D eigenvalue weighted by Crippen LogP contribution is -2.29. The summed E-state index contributed by atoms with van der Waals surface area (Å²) in [6.45, 7) is 3.47. The number of hydrogen-bond acceptors (Lipinski definition) is 8. The molecule has 0 amide bonds. The van der Waals surface area contributed by atoms with Gasteiger partial charge < -0.3 is 20.1 Å². The van der Waals surface area contributed by atoms with E-state index in [4.69, 9.17) is 24.3 Å². The van der Waals surface area contributed by atoms with E-state index in [0.29, 0.717) is 6.42 Å². The Balaban J connectivity index is 3.93. The zero-order valence-corrected chi connectivity index (χ0v) is 65.2. The third-order valence-corrected chi connectivity index (χ3v) is 17.6. The first-order valence-corrected chi connectivity index (χ1v) is 42.1. The molecule has 0 rings (SSSR count). The normalized spacial score (nSPS) is 14.0. The highest BCUT2D eigenvalue weighted by Crippen LogP contribution is 2.43. The van der Waals surface area contributed by atoms with Crippen LogP contribution >= 0.6 is 7.82 Å². The van der Waals surface area contributed by atoms with E-state index in [-0.39, 0.29) is 32.6 Å². The Morgan fingerprint density at radius 2 is 0.515 bits per heavy atom. The van der Waals surface area contributed by atoms with E-state index in [1.807, 2.05) is 0 Å². The van der Waals surface area contributed by atoms with Crippen LogP contribution in [-0.2, 0) is 32.7 Å². The molecule has 3 N–H and O–H groups in total. The first kappa shape index (κ1) is 95.6. The van der Waals surface area contributed by atoms with Gasteiger partial charge in [0.25, 0.3) is 0 Å². The highest BCUT2D eigenvalue weighted by atomic mass is 31.2. The van der Waals surface area contributed by atoms with Gasteiger partial charge in [0.15, 0.2) is 6.10 Å². The maximum absolute atomic E-state index is 12.8. The number of rotatable bonds is 74. The van der Waals surface area contributed by atoms with Gasteiger partial charge in [0.2, 0.25) is 0 Å². The minimum absolute atomic E-state index is 0.0377. The largest absolute Gasteiger partial charge is 0.472 e. The summed E-state index contributed by atoms with van der Waals surface area (Å²) >= 11 is 0. The number of phosphoric ester groups is 1. The molecule has 2 unspecified atom stereocenters. The Morgan fingerprint density at radius 1 is 0.297 bits per heavy atom. The van der Waals surface area contributed by atoms with Crippen LogP contribution in [0.2, 0.25) is 0 Å². The van der Waals surface area contributed by atoms with Crippen molar-refractivity contribution in [3.63, 3.8) is 0 Å². The van der Waals surface area contributed by atoms with Crippen molar-refractivity contribution in [2.24, 2.45) is 5.73 Å². The van der Waals surface area contributed by atoms with Crippen LogP contribution in [0.1, 0.15) is 322 Å². The van der Waals surface area contributed by atoms with Crippen LogP contribution in [0.5, 0.6) is 0 Å². The number of phosphoric acid groups is 1. The van der Waals surface area contributed by atoms with Crippen LogP contribution in [0.25, 0.3) is 0 Å². The Labute approximate surface area is 620 Å². The molecule has 101 heavy (non-hydrogen) atoms. The quantitative estimate of drug-likeness (QED) is 0.0264. The van der Waals surface area contributed by atoms with Gasteiger partial charge in [-0.2, -0.15) is 0 Å². The predicted octanol–water partition coefficient (Wildman–Crippen LogP) is 27.8. The molecule has 0 spiro atoms. The molecule has 9 nitrogen and oxygen atoms in total. The van der Waals surface area contributed by atoms with Crippen molar-refractivity contribution in [3.05, 3.63) is 207 Å². The van der Waals surface area contributed by atoms with Crippen LogP contribution in [0.4, 0.5) is 0 Å². The lowest BCUT2D eigenvalue weighted by Gasteiger charge is -2.19. The van der Waals surface area contributed by atoms with Crippen molar-refractivity contribution in [2.45, 2.75) is 328 Å². The van der Waals surface area contributed by atoms with Gasteiger partial charge in [-0.05, 0) is 148 Å². The minimum atomic E-state index is -4.42. The number of esters is 2. The molecule has 0 aliphatic rings. The van der Waals surface area contributed by atoms with E-state index in [2.05, 4.69) is 220 Å². The fourth-order valence-electron chi connectivity index (χ4n) is 10.8. The summed E-state index contributed by atoms with van der Waals surface area (Å²) in [5.41, 5.74) is 5.41. The smallest absolute Gasteiger partial charge is 0.462 e. The molecule has 0 aromatic rings. The first-order chi connectivity index (χ1) is 49.8. The Kier molecular flexibility index (Phi) is 79.1. The molecular weight excluding hydrogens is 1270 g/mol. The summed E-state index contributed by atoms with van der Waals surface area (Å²) in [5, 5.41) is 0. The lowest BCUT2D eigenvalue weighted by molar-refractivity contribution is -0.161. The van der Waals surface area contributed by atoms with Gasteiger partial charge in [-0.25, -0.2) is 4.57 Å². The first-order valence-electron chi connectivity index (χ1n) is 40.6. The second-order valence-electron chi connectivity index (χ2n) is 26.2. The zero-order valence-electron chi connectivity index (χ0n) is 64.3. The van der Waals surface area contributed by atoms with Crippen LogP contribution < -0.4 is 5.73 Å². The molecule has 570 valence electrons. The number of allylic oxidation sites excluding steroid dienone is 34. The van der Waals surface area contributed by atoms with E-state index >= 15 is 0 Å². The Bertz CT molecular complexity index is 2420. The van der Waals surface area contributed by atoms with Gasteiger partial charge in [-0.15, -0.1) is 0 Å². The number of carbonyl (C=O) groups is 2. The molecule has 0 bridgehead atoms. The average Bonchev–Trinajstić information content (AvgIpc) is 1.01. The van der Waals surface area contributed by atoms with Crippen molar-refractivity contribution in [1.82, 2.24) is 0 Å². The Hall–Kier alpha value is -5.41. The van der Waals surface area contributed by atoms with E-state index in [9.17, 15) is 19.0 Å². The van der Waals surface area contributed by atoms with Gasteiger partial charge in [0.1, 0.15) is 6.61 Å². The fraction of sp³-hybridized carbons (Fsp3) is 0.604.